The Morgan fingerprint density at radius 2 is 1.85 bits per heavy atom. The Kier molecular flexibility index (Phi) is 3.79. The monoisotopic (exact) mass is 270 g/mol. The average Bonchev–Trinajstić information content (AvgIpc) is 2.84. The maximum Gasteiger partial charge on any atom is 0.298 e. The van der Waals surface area contributed by atoms with Gasteiger partial charge in [0.15, 0.2) is 5.78 Å². The highest BCUT2D eigenvalue weighted by atomic mass is 16.2. The minimum atomic E-state index is -0.729. The standard InChI is InChI=1S/C15H14N2O3/c1-10(18)11-5-3-6-12(9-11)16-15(20)14(19)13-7-4-8-17(13)2/h3-9H,1-2H3,(H,16,20). The van der Waals surface area contributed by atoms with Crippen molar-refractivity contribution in [3.63, 3.8) is 0 Å². The molecule has 2 aromatic rings. The second-order valence-corrected chi connectivity index (χ2v) is 4.42. The molecule has 20 heavy (non-hydrogen) atoms. The number of hydrogen-bond acceptors (Lipinski definition) is 3. The second-order valence-electron chi connectivity index (χ2n) is 4.42. The number of carbonyl (C=O) groups excluding carboxylic acids is 3. The molecule has 5 nitrogen and oxygen atoms in total. The van der Waals surface area contributed by atoms with Gasteiger partial charge in [-0.15, -0.1) is 0 Å². The Bertz CT molecular complexity index is 686. The second kappa shape index (κ2) is 5.52. The summed E-state index contributed by atoms with van der Waals surface area (Å²) in [6.07, 6.45) is 1.69. The van der Waals surface area contributed by atoms with Gasteiger partial charge in [-0.3, -0.25) is 14.4 Å². The van der Waals surface area contributed by atoms with Crippen molar-refractivity contribution in [3.05, 3.63) is 53.9 Å². The fraction of sp³-hybridized carbons (Fsp3) is 0.133. The van der Waals surface area contributed by atoms with Gasteiger partial charge in [0, 0.05) is 24.5 Å². The van der Waals surface area contributed by atoms with E-state index in [2.05, 4.69) is 5.32 Å². The van der Waals surface area contributed by atoms with Gasteiger partial charge in [0.25, 0.3) is 11.7 Å². The minimum Gasteiger partial charge on any atom is -0.348 e. The van der Waals surface area contributed by atoms with Crippen molar-refractivity contribution >= 4 is 23.2 Å². The molecule has 1 N–H and O–H groups in total. The van der Waals surface area contributed by atoms with Crippen LogP contribution >= 0.6 is 0 Å². The molecular weight excluding hydrogens is 256 g/mol. The van der Waals surface area contributed by atoms with E-state index in [1.54, 1.807) is 54.2 Å². The molecule has 0 spiro atoms. The third-order valence-corrected chi connectivity index (χ3v) is 2.91. The van der Waals surface area contributed by atoms with Gasteiger partial charge in [-0.2, -0.15) is 0 Å². The van der Waals surface area contributed by atoms with E-state index in [1.807, 2.05) is 0 Å². The summed E-state index contributed by atoms with van der Waals surface area (Å²) >= 11 is 0. The molecule has 1 aromatic carbocycles. The number of nitrogens with one attached hydrogen (secondary N) is 1. The molecule has 0 unspecified atom stereocenters. The maximum absolute atomic E-state index is 11.9. The lowest BCUT2D eigenvalue weighted by Crippen LogP contribution is -2.24. The summed E-state index contributed by atoms with van der Waals surface area (Å²) in [7, 11) is 1.69. The predicted octanol–water partition coefficient (Wildman–Crippen LogP) is 2.05. The third-order valence-electron chi connectivity index (χ3n) is 2.91. The highest BCUT2D eigenvalue weighted by molar-refractivity contribution is 6.46. The highest BCUT2D eigenvalue weighted by Gasteiger charge is 2.18. The van der Waals surface area contributed by atoms with E-state index >= 15 is 0 Å². The van der Waals surface area contributed by atoms with Gasteiger partial charge in [-0.25, -0.2) is 0 Å². The van der Waals surface area contributed by atoms with Crippen LogP contribution < -0.4 is 5.32 Å². The fourth-order valence-electron chi connectivity index (χ4n) is 1.82. The SMILES string of the molecule is CC(=O)c1cccc(NC(=O)C(=O)c2cccn2C)c1. The summed E-state index contributed by atoms with van der Waals surface area (Å²) in [5.41, 5.74) is 1.21. The van der Waals surface area contributed by atoms with Gasteiger partial charge in [-0.05, 0) is 31.2 Å². The largest absolute Gasteiger partial charge is 0.348 e. The Balaban J connectivity index is 2.16. The van der Waals surface area contributed by atoms with Crippen LogP contribution in [0.25, 0.3) is 0 Å². The smallest absolute Gasteiger partial charge is 0.298 e. The summed E-state index contributed by atoms with van der Waals surface area (Å²) in [6, 6.07) is 9.74. The van der Waals surface area contributed by atoms with E-state index in [4.69, 9.17) is 0 Å². The molecule has 0 aliphatic heterocycles. The highest BCUT2D eigenvalue weighted by Crippen LogP contribution is 2.12. The quantitative estimate of drug-likeness (QED) is 0.683. The fourth-order valence-corrected chi connectivity index (χ4v) is 1.82. The molecule has 1 amide bonds. The van der Waals surface area contributed by atoms with Gasteiger partial charge < -0.3 is 9.88 Å². The Hall–Kier alpha value is -2.69. The number of anilines is 1. The van der Waals surface area contributed by atoms with Gasteiger partial charge in [0.1, 0.15) is 0 Å². The number of amides is 1. The van der Waals surface area contributed by atoms with Crippen molar-refractivity contribution < 1.29 is 14.4 Å². The first-order valence-corrected chi connectivity index (χ1v) is 6.07. The molecule has 0 atom stereocenters. The molecule has 2 rings (SSSR count). The molecule has 0 aliphatic carbocycles. The Morgan fingerprint density at radius 1 is 1.10 bits per heavy atom. The normalized spacial score (nSPS) is 10.1. The van der Waals surface area contributed by atoms with Crippen molar-refractivity contribution in [2.75, 3.05) is 5.32 Å². The van der Waals surface area contributed by atoms with E-state index in [0.717, 1.165) is 0 Å². The van der Waals surface area contributed by atoms with E-state index in [1.165, 1.54) is 6.92 Å². The number of Topliss-reactive ketones (excluding diaryl/α,β-unsaturated/α-hetero) is 2. The number of hydrogen-bond donors (Lipinski definition) is 1. The van der Waals surface area contributed by atoms with Crippen molar-refractivity contribution in [1.82, 2.24) is 4.57 Å². The van der Waals surface area contributed by atoms with Crippen molar-refractivity contribution in [1.29, 1.82) is 0 Å². The van der Waals surface area contributed by atoms with E-state index in [9.17, 15) is 14.4 Å². The van der Waals surface area contributed by atoms with Crippen LogP contribution in [-0.4, -0.2) is 22.0 Å². The number of benzene rings is 1. The van der Waals surface area contributed by atoms with Crippen LogP contribution in [-0.2, 0) is 11.8 Å². The van der Waals surface area contributed by atoms with Crippen LogP contribution in [0.5, 0.6) is 0 Å². The van der Waals surface area contributed by atoms with E-state index in [-0.39, 0.29) is 5.78 Å². The number of rotatable bonds is 4. The maximum atomic E-state index is 11.9. The molecule has 0 bridgehead atoms. The number of nitrogens with zero attached hydrogens (tertiary/aromatic N) is 1. The first-order valence-electron chi connectivity index (χ1n) is 6.07. The number of ketones is 2. The summed E-state index contributed by atoms with van der Waals surface area (Å²) < 4.78 is 1.58. The van der Waals surface area contributed by atoms with Crippen molar-refractivity contribution in [3.8, 4) is 0 Å². The van der Waals surface area contributed by atoms with Crippen LogP contribution in [0.4, 0.5) is 5.69 Å². The lowest BCUT2D eigenvalue weighted by atomic mass is 10.1. The molecular formula is C15H14N2O3. The third kappa shape index (κ3) is 2.83. The lowest BCUT2D eigenvalue weighted by molar-refractivity contribution is -0.112. The molecule has 102 valence electrons. The van der Waals surface area contributed by atoms with Crippen LogP contribution in [0.3, 0.4) is 0 Å². The zero-order valence-electron chi connectivity index (χ0n) is 11.2. The molecule has 0 saturated heterocycles. The van der Waals surface area contributed by atoms with Crippen molar-refractivity contribution in [2.45, 2.75) is 6.92 Å². The van der Waals surface area contributed by atoms with Gasteiger partial charge in [-0.1, -0.05) is 12.1 Å². The number of aromatic nitrogens is 1. The van der Waals surface area contributed by atoms with Gasteiger partial charge in [0.2, 0.25) is 0 Å². The molecule has 0 aliphatic rings. The van der Waals surface area contributed by atoms with E-state index in [0.29, 0.717) is 16.9 Å². The summed E-state index contributed by atoms with van der Waals surface area (Å²) in [4.78, 5) is 35.1. The molecule has 1 heterocycles. The average molecular weight is 270 g/mol. The zero-order valence-corrected chi connectivity index (χ0v) is 11.2. The van der Waals surface area contributed by atoms with Crippen molar-refractivity contribution in [2.24, 2.45) is 7.05 Å². The summed E-state index contributed by atoms with van der Waals surface area (Å²) in [5.74, 6) is -1.45. The lowest BCUT2D eigenvalue weighted by Gasteiger charge is -2.06. The van der Waals surface area contributed by atoms with Crippen LogP contribution in [0.15, 0.2) is 42.6 Å². The van der Waals surface area contributed by atoms with Crippen LogP contribution in [0.1, 0.15) is 27.8 Å². The molecule has 5 heteroatoms. The zero-order chi connectivity index (χ0) is 14.7. The molecule has 0 saturated carbocycles. The first-order chi connectivity index (χ1) is 9.49. The van der Waals surface area contributed by atoms with Crippen LogP contribution in [0, 0.1) is 0 Å². The summed E-state index contributed by atoms with van der Waals surface area (Å²) in [5, 5.41) is 2.50. The minimum absolute atomic E-state index is 0.102. The molecule has 0 fully saturated rings. The first kappa shape index (κ1) is 13.7. The topological polar surface area (TPSA) is 68.2 Å². The van der Waals surface area contributed by atoms with Gasteiger partial charge >= 0.3 is 0 Å². The number of aryl methyl sites for hydroxylation is 1. The van der Waals surface area contributed by atoms with Gasteiger partial charge in [0.05, 0.1) is 5.69 Å². The molecule has 0 radical (unpaired) electrons. The number of carbonyl (C=O) groups is 3. The Morgan fingerprint density at radius 3 is 2.45 bits per heavy atom. The van der Waals surface area contributed by atoms with Crippen LogP contribution in [0.2, 0.25) is 0 Å². The summed E-state index contributed by atoms with van der Waals surface area (Å²) in [6.45, 7) is 1.44. The Labute approximate surface area is 116 Å². The predicted molar refractivity (Wildman–Crippen MR) is 74.8 cm³/mol. The molecule has 1 aromatic heterocycles. The van der Waals surface area contributed by atoms with E-state index < -0.39 is 11.7 Å².